The van der Waals surface area contributed by atoms with E-state index in [9.17, 15) is 9.90 Å². The van der Waals surface area contributed by atoms with Crippen molar-refractivity contribution < 1.29 is 23.8 Å². The number of benzene rings is 3. The summed E-state index contributed by atoms with van der Waals surface area (Å²) in [6.07, 6.45) is 0.978. The van der Waals surface area contributed by atoms with Crippen molar-refractivity contribution >= 4 is 16.7 Å². The number of oxazole rings is 1. The number of ether oxygens (including phenoxy) is 2. The van der Waals surface area contributed by atoms with E-state index in [0.717, 1.165) is 51.9 Å². The van der Waals surface area contributed by atoms with Gasteiger partial charge in [-0.1, -0.05) is 56.3 Å². The first-order chi connectivity index (χ1) is 17.9. The first-order valence-corrected chi connectivity index (χ1v) is 12.9. The number of aryl methyl sites for hydroxylation is 2. The van der Waals surface area contributed by atoms with Crippen LogP contribution >= 0.6 is 0 Å². The normalized spacial score (nSPS) is 12.2. The number of fused-ring (bicyclic) bond motifs is 1. The fraction of sp³-hybridized carbons (Fsp3) is 0.355. The number of carboxylic acids is 1. The van der Waals surface area contributed by atoms with Gasteiger partial charge in [-0.15, -0.1) is 0 Å². The van der Waals surface area contributed by atoms with Gasteiger partial charge in [0.25, 0.3) is 0 Å². The zero-order chi connectivity index (χ0) is 26.4. The Balaban J connectivity index is 1.40. The van der Waals surface area contributed by atoms with Gasteiger partial charge in [0, 0.05) is 24.0 Å². The molecule has 0 radical (unpaired) electrons. The molecule has 194 valence electrons. The zero-order valence-electron chi connectivity index (χ0n) is 22.0. The quantitative estimate of drug-likeness (QED) is 0.211. The molecule has 1 atom stereocenters. The lowest BCUT2D eigenvalue weighted by Gasteiger charge is -2.16. The van der Waals surface area contributed by atoms with Crippen molar-refractivity contribution in [2.45, 2.75) is 59.0 Å². The molecule has 0 saturated heterocycles. The monoisotopic (exact) mass is 501 g/mol. The van der Waals surface area contributed by atoms with Crippen LogP contribution in [-0.4, -0.2) is 35.4 Å². The summed E-state index contributed by atoms with van der Waals surface area (Å²) in [5.41, 5.74) is 4.15. The SMILES string of the molecule is CCOC(Cc1ccc(OCCCc2nc(-c3ccc(C(C)C)cc3)oc2C)c2ccccc12)C(=O)O. The molecule has 1 N–H and O–H groups in total. The average molecular weight is 502 g/mol. The Morgan fingerprint density at radius 3 is 2.43 bits per heavy atom. The Bertz CT molecular complexity index is 1340. The number of aromatic nitrogens is 1. The molecular weight excluding hydrogens is 466 g/mol. The van der Waals surface area contributed by atoms with Crippen LogP contribution in [0, 0.1) is 6.92 Å². The van der Waals surface area contributed by atoms with Gasteiger partial charge in [-0.3, -0.25) is 0 Å². The molecule has 4 aromatic rings. The molecular formula is C31H35NO5. The van der Waals surface area contributed by atoms with Crippen molar-refractivity contribution in [1.82, 2.24) is 4.98 Å². The summed E-state index contributed by atoms with van der Waals surface area (Å²) >= 11 is 0. The molecule has 4 rings (SSSR count). The first-order valence-electron chi connectivity index (χ1n) is 12.9. The van der Waals surface area contributed by atoms with E-state index in [4.69, 9.17) is 18.9 Å². The number of carboxylic acid groups (broad SMARTS) is 1. The maximum atomic E-state index is 11.6. The minimum atomic E-state index is -0.954. The minimum absolute atomic E-state index is 0.304. The molecule has 0 spiro atoms. The third-order valence-corrected chi connectivity index (χ3v) is 6.56. The van der Waals surface area contributed by atoms with Crippen LogP contribution in [0.25, 0.3) is 22.2 Å². The molecule has 37 heavy (non-hydrogen) atoms. The van der Waals surface area contributed by atoms with Gasteiger partial charge < -0.3 is 19.0 Å². The van der Waals surface area contributed by atoms with E-state index >= 15 is 0 Å². The average Bonchev–Trinajstić information content (AvgIpc) is 3.27. The van der Waals surface area contributed by atoms with Crippen molar-refractivity contribution in [3.63, 3.8) is 0 Å². The van der Waals surface area contributed by atoms with Crippen LogP contribution in [0.4, 0.5) is 0 Å². The minimum Gasteiger partial charge on any atom is -0.493 e. The smallest absolute Gasteiger partial charge is 0.333 e. The highest BCUT2D eigenvalue weighted by Gasteiger charge is 2.20. The van der Waals surface area contributed by atoms with Crippen molar-refractivity contribution in [2.75, 3.05) is 13.2 Å². The molecule has 0 bridgehead atoms. The van der Waals surface area contributed by atoms with Gasteiger partial charge in [-0.2, -0.15) is 0 Å². The molecule has 0 fully saturated rings. The Labute approximate surface area is 218 Å². The van der Waals surface area contributed by atoms with Gasteiger partial charge >= 0.3 is 5.97 Å². The second-order valence-electron chi connectivity index (χ2n) is 9.51. The molecule has 0 saturated carbocycles. The van der Waals surface area contributed by atoms with Gasteiger partial charge in [0.1, 0.15) is 11.5 Å². The second-order valence-corrected chi connectivity index (χ2v) is 9.51. The van der Waals surface area contributed by atoms with Crippen molar-refractivity contribution in [3.8, 4) is 17.2 Å². The number of rotatable bonds is 12. The molecule has 0 aliphatic carbocycles. The highest BCUT2D eigenvalue weighted by Crippen LogP contribution is 2.30. The van der Waals surface area contributed by atoms with Crippen LogP contribution in [-0.2, 0) is 22.4 Å². The third-order valence-electron chi connectivity index (χ3n) is 6.56. The highest BCUT2D eigenvalue weighted by atomic mass is 16.5. The fourth-order valence-corrected chi connectivity index (χ4v) is 4.47. The fourth-order valence-electron chi connectivity index (χ4n) is 4.47. The lowest BCUT2D eigenvalue weighted by molar-refractivity contribution is -0.149. The molecule has 1 aromatic heterocycles. The van der Waals surface area contributed by atoms with Crippen molar-refractivity contribution in [2.24, 2.45) is 0 Å². The molecule has 0 aliphatic heterocycles. The Morgan fingerprint density at radius 2 is 1.76 bits per heavy atom. The lowest BCUT2D eigenvalue weighted by atomic mass is 9.99. The molecule has 1 unspecified atom stereocenters. The van der Waals surface area contributed by atoms with Gasteiger partial charge in [-0.25, -0.2) is 9.78 Å². The summed E-state index contributed by atoms with van der Waals surface area (Å²) < 4.78 is 17.5. The predicted molar refractivity (Wildman–Crippen MR) is 145 cm³/mol. The first kappa shape index (κ1) is 26.4. The molecule has 0 amide bonds. The van der Waals surface area contributed by atoms with Crippen LogP contribution in [0.5, 0.6) is 5.75 Å². The standard InChI is InChI=1S/C31H35NO5/c1-5-35-29(31(33)34)19-24-16-17-28(26-10-7-6-9-25(24)26)36-18-8-11-27-21(4)37-30(32-27)23-14-12-22(13-15-23)20(2)3/h6-7,9-10,12-17,20,29H,5,8,11,18-19H2,1-4H3,(H,33,34). The number of nitrogens with zero attached hydrogens (tertiary/aromatic N) is 1. The van der Waals surface area contributed by atoms with Crippen molar-refractivity contribution in [1.29, 1.82) is 0 Å². The predicted octanol–water partition coefficient (Wildman–Crippen LogP) is 6.97. The Hall–Kier alpha value is -3.64. The van der Waals surface area contributed by atoms with Crippen molar-refractivity contribution in [3.05, 3.63) is 83.2 Å². The number of carbonyl (C=O) groups is 1. The van der Waals surface area contributed by atoms with Gasteiger partial charge in [0.15, 0.2) is 6.10 Å². The second kappa shape index (κ2) is 12.1. The van der Waals surface area contributed by atoms with E-state index in [1.54, 1.807) is 6.92 Å². The van der Waals surface area contributed by atoms with Gasteiger partial charge in [-0.05, 0) is 67.3 Å². The topological polar surface area (TPSA) is 81.8 Å². The van der Waals surface area contributed by atoms with E-state index in [-0.39, 0.29) is 0 Å². The molecule has 6 heteroatoms. The summed E-state index contributed by atoms with van der Waals surface area (Å²) in [4.78, 5) is 16.3. The molecule has 0 aliphatic rings. The summed E-state index contributed by atoms with van der Waals surface area (Å²) in [6, 6.07) is 20.2. The van der Waals surface area contributed by atoms with Crippen LogP contribution in [0.2, 0.25) is 0 Å². The zero-order valence-corrected chi connectivity index (χ0v) is 22.0. The van der Waals surface area contributed by atoms with Crippen LogP contribution in [0.15, 0.2) is 65.1 Å². The Kier molecular flexibility index (Phi) is 8.62. The van der Waals surface area contributed by atoms with Crippen LogP contribution in [0.3, 0.4) is 0 Å². The van der Waals surface area contributed by atoms with E-state index in [1.807, 2.05) is 43.3 Å². The number of hydrogen-bond acceptors (Lipinski definition) is 5. The van der Waals surface area contributed by atoms with Crippen LogP contribution in [0.1, 0.15) is 55.7 Å². The van der Waals surface area contributed by atoms with E-state index in [2.05, 4.69) is 38.1 Å². The third kappa shape index (κ3) is 6.38. The summed E-state index contributed by atoms with van der Waals surface area (Å²) in [5.74, 6) is 1.80. The maximum Gasteiger partial charge on any atom is 0.333 e. The van der Waals surface area contributed by atoms with E-state index < -0.39 is 12.1 Å². The summed E-state index contributed by atoms with van der Waals surface area (Å²) in [7, 11) is 0. The number of aliphatic carboxylic acids is 1. The van der Waals surface area contributed by atoms with Gasteiger partial charge in [0.05, 0.1) is 12.3 Å². The molecule has 6 nitrogen and oxygen atoms in total. The Morgan fingerprint density at radius 1 is 1.03 bits per heavy atom. The van der Waals surface area contributed by atoms with Gasteiger partial charge in [0.2, 0.25) is 5.89 Å². The molecule has 1 heterocycles. The summed E-state index contributed by atoms with van der Waals surface area (Å²) in [6.45, 7) is 9.00. The van der Waals surface area contributed by atoms with E-state index in [0.29, 0.717) is 31.4 Å². The highest BCUT2D eigenvalue weighted by molar-refractivity contribution is 5.91. The largest absolute Gasteiger partial charge is 0.493 e. The number of hydrogen-bond donors (Lipinski definition) is 1. The summed E-state index contributed by atoms with van der Waals surface area (Å²) in [5, 5.41) is 11.4. The van der Waals surface area contributed by atoms with E-state index in [1.165, 1.54) is 5.56 Å². The van der Waals surface area contributed by atoms with Crippen LogP contribution < -0.4 is 4.74 Å². The maximum absolute atomic E-state index is 11.6. The molecule has 3 aromatic carbocycles. The lowest BCUT2D eigenvalue weighted by Crippen LogP contribution is -2.26.